The van der Waals surface area contributed by atoms with E-state index in [1.807, 2.05) is 20.8 Å². The first kappa shape index (κ1) is 21.4. The molecular weight excluding hydrogens is 368 g/mol. The number of hydrogen-bond acceptors (Lipinski definition) is 6. The van der Waals surface area contributed by atoms with E-state index in [0.717, 1.165) is 52.8 Å². The van der Waals surface area contributed by atoms with Gasteiger partial charge in [0.1, 0.15) is 22.8 Å². The summed E-state index contributed by atoms with van der Waals surface area (Å²) < 4.78 is 12.3. The fourth-order valence-electron chi connectivity index (χ4n) is 3.98. The van der Waals surface area contributed by atoms with Gasteiger partial charge in [0, 0.05) is 35.9 Å². The maximum absolute atomic E-state index is 10.3. The molecule has 0 spiro atoms. The highest BCUT2D eigenvalue weighted by molar-refractivity contribution is 5.58. The van der Waals surface area contributed by atoms with Crippen molar-refractivity contribution in [1.29, 1.82) is 0 Å². The first-order chi connectivity index (χ1) is 13.7. The third-order valence-corrected chi connectivity index (χ3v) is 6.26. The number of nitrogens with zero attached hydrogens (tertiary/aromatic N) is 1. The first-order valence-electron chi connectivity index (χ1n) is 10.1. The number of phenols is 1. The van der Waals surface area contributed by atoms with Crippen molar-refractivity contribution in [3.8, 4) is 17.2 Å². The second kappa shape index (κ2) is 8.20. The van der Waals surface area contributed by atoms with E-state index in [1.165, 1.54) is 0 Å². The van der Waals surface area contributed by atoms with Crippen LogP contribution in [-0.4, -0.2) is 27.4 Å². The summed E-state index contributed by atoms with van der Waals surface area (Å²) in [7, 11) is 0. The van der Waals surface area contributed by atoms with E-state index < -0.39 is 0 Å². The van der Waals surface area contributed by atoms with Crippen molar-refractivity contribution in [3.05, 3.63) is 45.3 Å². The zero-order chi connectivity index (χ0) is 21.3. The Morgan fingerprint density at radius 2 is 1.86 bits per heavy atom. The SMILES string of the molecule is Cc1ncc(COCCC2(C)CCc3c(C)c(O)c(C)c(C)c3O2)c(CN)c1O. The lowest BCUT2D eigenvalue weighted by molar-refractivity contribution is 0.0142. The van der Waals surface area contributed by atoms with Crippen molar-refractivity contribution >= 4 is 0 Å². The summed E-state index contributed by atoms with van der Waals surface area (Å²) in [4.78, 5) is 4.20. The van der Waals surface area contributed by atoms with E-state index in [4.69, 9.17) is 15.2 Å². The molecule has 0 amide bonds. The van der Waals surface area contributed by atoms with Gasteiger partial charge in [-0.25, -0.2) is 0 Å². The molecule has 0 saturated heterocycles. The summed E-state index contributed by atoms with van der Waals surface area (Å²) in [6.45, 7) is 10.9. The topological polar surface area (TPSA) is 97.8 Å². The van der Waals surface area contributed by atoms with Crippen LogP contribution in [0.1, 0.15) is 58.8 Å². The van der Waals surface area contributed by atoms with Crippen molar-refractivity contribution in [3.63, 3.8) is 0 Å². The van der Waals surface area contributed by atoms with E-state index in [2.05, 4.69) is 11.9 Å². The van der Waals surface area contributed by atoms with E-state index in [-0.39, 0.29) is 17.9 Å². The molecule has 4 N–H and O–H groups in total. The minimum Gasteiger partial charge on any atom is -0.507 e. The minimum atomic E-state index is -0.321. The Bertz CT molecular complexity index is 926. The van der Waals surface area contributed by atoms with Crippen LogP contribution in [0.25, 0.3) is 0 Å². The largest absolute Gasteiger partial charge is 0.507 e. The number of aromatic nitrogens is 1. The fourth-order valence-corrected chi connectivity index (χ4v) is 3.98. The van der Waals surface area contributed by atoms with Gasteiger partial charge in [-0.3, -0.25) is 4.98 Å². The summed E-state index contributed by atoms with van der Waals surface area (Å²) in [5, 5.41) is 20.5. The third-order valence-electron chi connectivity index (χ3n) is 6.26. The number of hydrogen-bond donors (Lipinski definition) is 3. The molecule has 158 valence electrons. The Morgan fingerprint density at radius 3 is 2.55 bits per heavy atom. The van der Waals surface area contributed by atoms with Gasteiger partial charge in [0.25, 0.3) is 0 Å². The maximum Gasteiger partial charge on any atom is 0.141 e. The van der Waals surface area contributed by atoms with Crippen LogP contribution in [0.15, 0.2) is 6.20 Å². The monoisotopic (exact) mass is 400 g/mol. The maximum atomic E-state index is 10.3. The van der Waals surface area contributed by atoms with Gasteiger partial charge in [0.05, 0.1) is 18.9 Å². The van der Waals surface area contributed by atoms with Gasteiger partial charge >= 0.3 is 0 Å². The van der Waals surface area contributed by atoms with Gasteiger partial charge in [-0.15, -0.1) is 0 Å². The molecule has 6 heteroatoms. The predicted octanol–water partition coefficient (Wildman–Crippen LogP) is 3.88. The molecule has 0 aliphatic carbocycles. The normalized spacial score (nSPS) is 18.4. The minimum absolute atomic E-state index is 0.150. The van der Waals surface area contributed by atoms with Crippen molar-refractivity contribution < 1.29 is 19.7 Å². The number of pyridine rings is 1. The van der Waals surface area contributed by atoms with Crippen LogP contribution in [0.5, 0.6) is 17.2 Å². The lowest BCUT2D eigenvalue weighted by atomic mass is 9.86. The molecule has 1 aliphatic heterocycles. The highest BCUT2D eigenvalue weighted by Crippen LogP contribution is 2.44. The Hall–Kier alpha value is -2.31. The predicted molar refractivity (Wildman–Crippen MR) is 112 cm³/mol. The van der Waals surface area contributed by atoms with Gasteiger partial charge in [0.15, 0.2) is 0 Å². The number of rotatable bonds is 6. The van der Waals surface area contributed by atoms with Crippen molar-refractivity contribution in [2.45, 2.75) is 72.6 Å². The van der Waals surface area contributed by atoms with Crippen LogP contribution in [-0.2, 0) is 24.3 Å². The summed E-state index contributed by atoms with van der Waals surface area (Å²) in [5.74, 6) is 1.43. The second-order valence-electron chi connectivity index (χ2n) is 8.29. The van der Waals surface area contributed by atoms with Crippen molar-refractivity contribution in [2.24, 2.45) is 5.73 Å². The number of nitrogens with two attached hydrogens (primary N) is 1. The second-order valence-corrected chi connectivity index (χ2v) is 8.29. The van der Waals surface area contributed by atoms with Crippen LogP contribution in [0, 0.1) is 27.7 Å². The van der Waals surface area contributed by atoms with Crippen LogP contribution < -0.4 is 10.5 Å². The molecule has 2 heterocycles. The zero-order valence-corrected chi connectivity index (χ0v) is 18.1. The molecular formula is C23H32N2O4. The molecule has 0 bridgehead atoms. The molecule has 1 aliphatic rings. The lowest BCUT2D eigenvalue weighted by Crippen LogP contribution is -2.38. The number of aryl methyl sites for hydroxylation is 1. The average molecular weight is 401 g/mol. The number of ether oxygens (including phenoxy) is 2. The highest BCUT2D eigenvalue weighted by atomic mass is 16.5. The molecule has 6 nitrogen and oxygen atoms in total. The fraction of sp³-hybridized carbons (Fsp3) is 0.522. The van der Waals surface area contributed by atoms with E-state index in [0.29, 0.717) is 30.2 Å². The van der Waals surface area contributed by atoms with Crippen molar-refractivity contribution in [1.82, 2.24) is 4.98 Å². The van der Waals surface area contributed by atoms with Crippen LogP contribution >= 0.6 is 0 Å². The quantitative estimate of drug-likeness (QED) is 0.637. The summed E-state index contributed by atoms with van der Waals surface area (Å²) in [6.07, 6.45) is 4.20. The van der Waals surface area contributed by atoms with Gasteiger partial charge in [-0.05, 0) is 64.2 Å². The van der Waals surface area contributed by atoms with Gasteiger partial charge < -0.3 is 25.4 Å². The summed E-state index contributed by atoms with van der Waals surface area (Å²) in [5.41, 5.74) is 11.4. The number of fused-ring (bicyclic) bond motifs is 1. The molecule has 0 radical (unpaired) electrons. The van der Waals surface area contributed by atoms with Crippen molar-refractivity contribution in [2.75, 3.05) is 6.61 Å². The smallest absolute Gasteiger partial charge is 0.141 e. The van der Waals surface area contributed by atoms with Crippen LogP contribution in [0.2, 0.25) is 0 Å². The Balaban J connectivity index is 1.65. The molecule has 0 saturated carbocycles. The van der Waals surface area contributed by atoms with E-state index >= 15 is 0 Å². The Labute approximate surface area is 172 Å². The van der Waals surface area contributed by atoms with Gasteiger partial charge in [-0.2, -0.15) is 0 Å². The highest BCUT2D eigenvalue weighted by Gasteiger charge is 2.34. The molecule has 2 aromatic rings. The molecule has 1 atom stereocenters. The molecule has 1 aromatic heterocycles. The molecule has 1 aromatic carbocycles. The third kappa shape index (κ3) is 4.05. The van der Waals surface area contributed by atoms with Crippen LogP contribution in [0.3, 0.4) is 0 Å². The molecule has 3 rings (SSSR count). The Kier molecular flexibility index (Phi) is 6.05. The lowest BCUT2D eigenvalue weighted by Gasteiger charge is -2.38. The molecule has 1 unspecified atom stereocenters. The standard InChI is InChI=1S/C23H32N2O4/c1-13-14(2)22-18(15(3)20(13)26)6-7-23(5,29-22)8-9-28-12-17-11-25-16(4)21(27)19(17)10-24/h11,26-27H,6-10,12,24H2,1-5H3. The Morgan fingerprint density at radius 1 is 1.14 bits per heavy atom. The summed E-state index contributed by atoms with van der Waals surface area (Å²) in [6, 6.07) is 0. The zero-order valence-electron chi connectivity index (χ0n) is 18.1. The number of aromatic hydroxyl groups is 2. The molecule has 29 heavy (non-hydrogen) atoms. The average Bonchev–Trinajstić information content (AvgIpc) is 2.70. The first-order valence-corrected chi connectivity index (χ1v) is 10.1. The van der Waals surface area contributed by atoms with Crippen LogP contribution in [0.4, 0.5) is 0 Å². The van der Waals surface area contributed by atoms with E-state index in [1.54, 1.807) is 13.1 Å². The molecule has 0 fully saturated rings. The van der Waals surface area contributed by atoms with Gasteiger partial charge in [-0.1, -0.05) is 0 Å². The summed E-state index contributed by atoms with van der Waals surface area (Å²) >= 11 is 0. The number of phenolic OH excluding ortho intramolecular Hbond substituents is 1. The number of benzene rings is 1. The van der Waals surface area contributed by atoms with Gasteiger partial charge in [0.2, 0.25) is 0 Å². The van der Waals surface area contributed by atoms with E-state index in [9.17, 15) is 10.2 Å².